The highest BCUT2D eigenvalue weighted by molar-refractivity contribution is 5.90. The number of morpholine rings is 1. The van der Waals surface area contributed by atoms with Gasteiger partial charge in [-0.1, -0.05) is 45.9 Å². The van der Waals surface area contributed by atoms with Crippen LogP contribution in [0.2, 0.25) is 0 Å². The average Bonchev–Trinajstić information content (AvgIpc) is 2.53. The van der Waals surface area contributed by atoms with Crippen molar-refractivity contribution in [2.24, 2.45) is 5.92 Å². The molecule has 0 radical (unpaired) electrons. The molecule has 1 saturated heterocycles. The molecule has 1 fully saturated rings. The molecule has 5 nitrogen and oxygen atoms in total. The van der Waals surface area contributed by atoms with Gasteiger partial charge in [-0.25, -0.2) is 4.79 Å². The summed E-state index contributed by atoms with van der Waals surface area (Å²) in [5.74, 6) is 1.01. The maximum Gasteiger partial charge on any atom is 0.319 e. The summed E-state index contributed by atoms with van der Waals surface area (Å²) in [6.45, 7) is 12.9. The van der Waals surface area contributed by atoms with Crippen LogP contribution in [0.15, 0.2) is 24.3 Å². The fraction of sp³-hybridized carbons (Fsp3) is 0.632. The third-order valence-corrected chi connectivity index (χ3v) is 4.17. The number of hydrogen-bond donors (Lipinski definition) is 2. The lowest BCUT2D eigenvalue weighted by molar-refractivity contribution is -0.0288. The van der Waals surface area contributed by atoms with Gasteiger partial charge in [0, 0.05) is 31.9 Å². The summed E-state index contributed by atoms with van der Waals surface area (Å²) >= 11 is 0. The van der Waals surface area contributed by atoms with Crippen molar-refractivity contribution in [2.45, 2.75) is 39.7 Å². The second-order valence-corrected chi connectivity index (χ2v) is 7.22. The van der Waals surface area contributed by atoms with E-state index in [0.717, 1.165) is 37.5 Å². The van der Waals surface area contributed by atoms with Gasteiger partial charge in [0.2, 0.25) is 0 Å². The van der Waals surface area contributed by atoms with Crippen LogP contribution in [0.25, 0.3) is 0 Å². The van der Waals surface area contributed by atoms with E-state index >= 15 is 0 Å². The monoisotopic (exact) mass is 333 g/mol. The van der Waals surface area contributed by atoms with E-state index in [4.69, 9.17) is 4.74 Å². The minimum absolute atomic E-state index is 0.0589. The summed E-state index contributed by atoms with van der Waals surface area (Å²) in [5.41, 5.74) is 2.01. The summed E-state index contributed by atoms with van der Waals surface area (Å²) in [7, 11) is 0. The van der Waals surface area contributed by atoms with E-state index in [2.05, 4.69) is 43.2 Å². The molecule has 5 heteroatoms. The van der Waals surface area contributed by atoms with Crippen molar-refractivity contribution in [1.82, 2.24) is 10.2 Å². The minimum atomic E-state index is -0.173. The first-order valence-electron chi connectivity index (χ1n) is 8.93. The van der Waals surface area contributed by atoms with Crippen LogP contribution in [-0.4, -0.2) is 49.8 Å². The Morgan fingerprint density at radius 3 is 2.75 bits per heavy atom. The summed E-state index contributed by atoms with van der Waals surface area (Å²) in [4.78, 5) is 14.6. The van der Waals surface area contributed by atoms with Gasteiger partial charge in [0.1, 0.15) is 0 Å². The predicted octanol–water partition coefficient (Wildman–Crippen LogP) is 3.29. The number of ether oxygens (including phenoxy) is 1. The fourth-order valence-electron chi connectivity index (χ4n) is 3.07. The number of anilines is 1. The smallest absolute Gasteiger partial charge is 0.319 e. The highest BCUT2D eigenvalue weighted by Gasteiger charge is 2.21. The number of rotatable bonds is 6. The first-order valence-corrected chi connectivity index (χ1v) is 8.93. The molecule has 1 aromatic rings. The molecule has 1 unspecified atom stereocenters. The molecule has 1 aromatic carbocycles. The maximum atomic E-state index is 12.2. The first kappa shape index (κ1) is 18.7. The van der Waals surface area contributed by atoms with Crippen LogP contribution < -0.4 is 10.6 Å². The number of amides is 2. The van der Waals surface area contributed by atoms with E-state index in [-0.39, 0.29) is 12.1 Å². The number of carbonyl (C=O) groups excluding carboxylic acids is 1. The predicted molar refractivity (Wildman–Crippen MR) is 98.6 cm³/mol. The van der Waals surface area contributed by atoms with Crippen molar-refractivity contribution in [1.29, 1.82) is 0 Å². The standard InChI is InChI=1S/C19H31N3O2/c1-14(2)12-22-9-10-24-16(13-22)11-20-19(23)21-18-8-6-5-7-17(18)15(3)4/h5-8,14-16H,9-13H2,1-4H3,(H2,20,21,23). The lowest BCUT2D eigenvalue weighted by Crippen LogP contribution is -2.48. The molecule has 24 heavy (non-hydrogen) atoms. The van der Waals surface area contributed by atoms with Crippen LogP contribution in [0.4, 0.5) is 10.5 Å². The van der Waals surface area contributed by atoms with Gasteiger partial charge in [0.25, 0.3) is 0 Å². The molecule has 0 bridgehead atoms. The van der Waals surface area contributed by atoms with Crippen LogP contribution in [0.5, 0.6) is 0 Å². The average molecular weight is 333 g/mol. The molecule has 1 aliphatic rings. The number of nitrogens with one attached hydrogen (secondary N) is 2. The largest absolute Gasteiger partial charge is 0.374 e. The highest BCUT2D eigenvalue weighted by Crippen LogP contribution is 2.23. The van der Waals surface area contributed by atoms with Gasteiger partial charge in [-0.2, -0.15) is 0 Å². The minimum Gasteiger partial charge on any atom is -0.374 e. The quantitative estimate of drug-likeness (QED) is 0.840. The van der Waals surface area contributed by atoms with E-state index in [0.29, 0.717) is 18.4 Å². The third-order valence-electron chi connectivity index (χ3n) is 4.17. The SMILES string of the molecule is CC(C)CN1CCOC(CNC(=O)Nc2ccccc2C(C)C)C1. The second-order valence-electron chi connectivity index (χ2n) is 7.22. The van der Waals surface area contributed by atoms with Gasteiger partial charge in [-0.05, 0) is 23.5 Å². The van der Waals surface area contributed by atoms with Crippen LogP contribution in [0.1, 0.15) is 39.2 Å². The zero-order chi connectivity index (χ0) is 17.5. The highest BCUT2D eigenvalue weighted by atomic mass is 16.5. The first-order chi connectivity index (χ1) is 11.5. The van der Waals surface area contributed by atoms with E-state index in [1.54, 1.807) is 0 Å². The second kappa shape index (κ2) is 9.04. The van der Waals surface area contributed by atoms with Crippen LogP contribution in [-0.2, 0) is 4.74 Å². The molecular formula is C19H31N3O2. The number of benzene rings is 1. The van der Waals surface area contributed by atoms with E-state index in [9.17, 15) is 4.79 Å². The molecule has 2 amide bonds. The van der Waals surface area contributed by atoms with Crippen molar-refractivity contribution in [3.05, 3.63) is 29.8 Å². The fourth-order valence-corrected chi connectivity index (χ4v) is 3.07. The summed E-state index contributed by atoms with van der Waals surface area (Å²) in [6, 6.07) is 7.75. The van der Waals surface area contributed by atoms with Gasteiger partial charge in [0.05, 0.1) is 12.7 Å². The number of hydrogen-bond acceptors (Lipinski definition) is 3. The Morgan fingerprint density at radius 1 is 1.29 bits per heavy atom. The lowest BCUT2D eigenvalue weighted by Gasteiger charge is -2.33. The zero-order valence-electron chi connectivity index (χ0n) is 15.3. The van der Waals surface area contributed by atoms with Crippen molar-refractivity contribution >= 4 is 11.7 Å². The number of nitrogens with zero attached hydrogens (tertiary/aromatic N) is 1. The van der Waals surface area contributed by atoms with E-state index in [1.165, 1.54) is 0 Å². The van der Waals surface area contributed by atoms with Crippen LogP contribution in [0.3, 0.4) is 0 Å². The number of carbonyl (C=O) groups is 1. The summed E-state index contributed by atoms with van der Waals surface area (Å²) in [6.07, 6.45) is 0.0589. The van der Waals surface area contributed by atoms with Gasteiger partial charge in [-0.15, -0.1) is 0 Å². The van der Waals surface area contributed by atoms with Crippen LogP contribution in [0, 0.1) is 5.92 Å². The van der Waals surface area contributed by atoms with Crippen molar-refractivity contribution in [3.8, 4) is 0 Å². The molecule has 0 aromatic heterocycles. The maximum absolute atomic E-state index is 12.2. The third kappa shape index (κ3) is 5.80. The molecule has 0 aliphatic carbocycles. The molecule has 0 spiro atoms. The molecule has 2 N–H and O–H groups in total. The zero-order valence-corrected chi connectivity index (χ0v) is 15.3. The Bertz CT molecular complexity index is 531. The molecule has 1 aliphatic heterocycles. The normalized spacial score (nSPS) is 18.8. The van der Waals surface area contributed by atoms with Crippen molar-refractivity contribution in [2.75, 3.05) is 38.1 Å². The Balaban J connectivity index is 1.81. The molecule has 0 saturated carbocycles. The van der Waals surface area contributed by atoms with Crippen LogP contribution >= 0.6 is 0 Å². The van der Waals surface area contributed by atoms with Gasteiger partial charge < -0.3 is 15.4 Å². The van der Waals surface area contributed by atoms with Crippen molar-refractivity contribution in [3.63, 3.8) is 0 Å². The van der Waals surface area contributed by atoms with Gasteiger partial charge >= 0.3 is 6.03 Å². The van der Waals surface area contributed by atoms with E-state index in [1.807, 2.05) is 24.3 Å². The number of para-hydroxylation sites is 1. The van der Waals surface area contributed by atoms with Crippen molar-refractivity contribution < 1.29 is 9.53 Å². The summed E-state index contributed by atoms with van der Waals surface area (Å²) in [5, 5.41) is 5.89. The Morgan fingerprint density at radius 2 is 2.04 bits per heavy atom. The molecule has 1 atom stereocenters. The molecule has 134 valence electrons. The summed E-state index contributed by atoms with van der Waals surface area (Å²) < 4.78 is 5.77. The van der Waals surface area contributed by atoms with E-state index < -0.39 is 0 Å². The topological polar surface area (TPSA) is 53.6 Å². The van der Waals surface area contributed by atoms with Gasteiger partial charge in [-0.3, -0.25) is 4.90 Å². The van der Waals surface area contributed by atoms with Gasteiger partial charge in [0.15, 0.2) is 0 Å². The molecule has 2 rings (SSSR count). The Hall–Kier alpha value is -1.59. The Kier molecular flexibility index (Phi) is 7.06. The lowest BCUT2D eigenvalue weighted by atomic mass is 10.0. The molecular weight excluding hydrogens is 302 g/mol. The Labute approximate surface area is 145 Å². The number of urea groups is 1. The molecule has 1 heterocycles.